The first-order chi connectivity index (χ1) is 15.5. The number of benzene rings is 2. The number of hydrogen-bond donors (Lipinski definition) is 0. The molecular weight excluding hydrogens is 407 g/mol. The number of anilines is 1. The van der Waals surface area contributed by atoms with Crippen LogP contribution in [0.5, 0.6) is 5.75 Å². The zero-order valence-corrected chi connectivity index (χ0v) is 18.4. The van der Waals surface area contributed by atoms with Crippen molar-refractivity contribution in [3.63, 3.8) is 0 Å². The fraction of sp³-hybridized carbons (Fsp3) is 0.320. The lowest BCUT2D eigenvalue weighted by molar-refractivity contribution is -0.134. The molecule has 3 aromatic rings. The lowest BCUT2D eigenvalue weighted by atomic mass is 9.89. The molecule has 4 rings (SSSR count). The average molecular weight is 435 g/mol. The lowest BCUT2D eigenvalue weighted by Gasteiger charge is -2.32. The van der Waals surface area contributed by atoms with Crippen molar-refractivity contribution in [3.8, 4) is 16.9 Å². The molecule has 2 heterocycles. The van der Waals surface area contributed by atoms with Gasteiger partial charge in [0.25, 0.3) is 5.91 Å². The van der Waals surface area contributed by atoms with Crippen molar-refractivity contribution in [2.24, 2.45) is 0 Å². The Balaban J connectivity index is 1.47. The minimum absolute atomic E-state index is 0.0191. The molecule has 0 saturated carbocycles. The highest BCUT2D eigenvalue weighted by atomic mass is 19.1. The molecule has 0 spiro atoms. The molecule has 0 atom stereocenters. The van der Waals surface area contributed by atoms with Crippen molar-refractivity contribution in [1.29, 1.82) is 0 Å². The number of piperidine rings is 1. The number of halogens is 1. The van der Waals surface area contributed by atoms with Crippen molar-refractivity contribution in [1.82, 2.24) is 14.9 Å². The number of rotatable bonds is 6. The Labute approximate surface area is 187 Å². The molecule has 32 heavy (non-hydrogen) atoms. The molecule has 1 saturated heterocycles. The quantitative estimate of drug-likeness (QED) is 0.584. The summed E-state index contributed by atoms with van der Waals surface area (Å²) >= 11 is 0. The molecule has 2 aromatic carbocycles. The summed E-state index contributed by atoms with van der Waals surface area (Å²) in [6.07, 6.45) is 3.34. The monoisotopic (exact) mass is 434 g/mol. The molecule has 1 fully saturated rings. The third kappa shape index (κ3) is 5.04. The van der Waals surface area contributed by atoms with Gasteiger partial charge >= 0.3 is 0 Å². The number of likely N-dealkylation sites (tertiary alicyclic amines) is 1. The highest BCUT2D eigenvalue weighted by Gasteiger charge is 2.27. The number of carbonyl (C=O) groups excluding carboxylic acids is 1. The van der Waals surface area contributed by atoms with Crippen LogP contribution >= 0.6 is 0 Å². The highest BCUT2D eigenvalue weighted by Crippen LogP contribution is 2.35. The molecule has 7 heteroatoms. The second-order valence-corrected chi connectivity index (χ2v) is 8.13. The molecule has 0 unspecified atom stereocenters. The maximum atomic E-state index is 13.9. The van der Waals surface area contributed by atoms with Crippen LogP contribution in [0.25, 0.3) is 11.1 Å². The maximum Gasteiger partial charge on any atom is 0.260 e. The molecule has 0 bridgehead atoms. The Morgan fingerprint density at radius 1 is 1.12 bits per heavy atom. The number of carbonyl (C=O) groups is 1. The minimum atomic E-state index is -0.288. The summed E-state index contributed by atoms with van der Waals surface area (Å²) < 4.78 is 19.5. The molecule has 0 radical (unpaired) electrons. The standard InChI is InChI=1S/C25H27FN4O2/c1-29(2)25-27-16-22(19-7-6-8-20(26)15-19)24(28-25)18-11-13-30(14-12-18)23(31)17-32-21-9-4-3-5-10-21/h3-10,15-16,18H,11-14,17H2,1-2H3. The Bertz CT molecular complexity index is 1070. The summed E-state index contributed by atoms with van der Waals surface area (Å²) in [7, 11) is 3.80. The van der Waals surface area contributed by atoms with Gasteiger partial charge in [-0.25, -0.2) is 14.4 Å². The Kier molecular flexibility index (Phi) is 6.63. The van der Waals surface area contributed by atoms with E-state index >= 15 is 0 Å². The van der Waals surface area contributed by atoms with Crippen molar-refractivity contribution in [2.75, 3.05) is 38.7 Å². The van der Waals surface area contributed by atoms with Gasteiger partial charge in [0, 0.05) is 44.9 Å². The highest BCUT2D eigenvalue weighted by molar-refractivity contribution is 5.78. The largest absolute Gasteiger partial charge is 0.484 e. The summed E-state index contributed by atoms with van der Waals surface area (Å²) in [5, 5.41) is 0. The van der Waals surface area contributed by atoms with E-state index < -0.39 is 0 Å². The van der Waals surface area contributed by atoms with Crippen molar-refractivity contribution >= 4 is 11.9 Å². The zero-order valence-electron chi connectivity index (χ0n) is 18.4. The van der Waals surface area contributed by atoms with Crippen LogP contribution in [-0.4, -0.2) is 54.6 Å². The van der Waals surface area contributed by atoms with Gasteiger partial charge in [-0.2, -0.15) is 0 Å². The van der Waals surface area contributed by atoms with Gasteiger partial charge in [0.05, 0.1) is 5.69 Å². The normalized spacial score (nSPS) is 14.3. The third-order valence-electron chi connectivity index (χ3n) is 5.68. The van der Waals surface area contributed by atoms with E-state index in [1.165, 1.54) is 12.1 Å². The van der Waals surface area contributed by atoms with Gasteiger partial charge in [0.15, 0.2) is 6.61 Å². The molecule has 1 aromatic heterocycles. The van der Waals surface area contributed by atoms with Crippen LogP contribution in [0.15, 0.2) is 60.8 Å². The Morgan fingerprint density at radius 2 is 1.88 bits per heavy atom. The van der Waals surface area contributed by atoms with Crippen molar-refractivity contribution < 1.29 is 13.9 Å². The molecule has 1 amide bonds. The number of nitrogens with zero attached hydrogens (tertiary/aromatic N) is 4. The number of ether oxygens (including phenoxy) is 1. The van der Waals surface area contributed by atoms with Crippen LogP contribution in [0.1, 0.15) is 24.5 Å². The van der Waals surface area contributed by atoms with Crippen LogP contribution in [0.4, 0.5) is 10.3 Å². The van der Waals surface area contributed by atoms with Crippen LogP contribution in [0.2, 0.25) is 0 Å². The van der Waals surface area contributed by atoms with Gasteiger partial charge in [-0.3, -0.25) is 4.79 Å². The van der Waals surface area contributed by atoms with E-state index in [1.54, 1.807) is 12.3 Å². The third-order valence-corrected chi connectivity index (χ3v) is 5.68. The van der Waals surface area contributed by atoms with Gasteiger partial charge in [-0.05, 0) is 42.7 Å². The predicted molar refractivity (Wildman–Crippen MR) is 122 cm³/mol. The zero-order chi connectivity index (χ0) is 22.5. The van der Waals surface area contributed by atoms with Gasteiger partial charge in [0.2, 0.25) is 5.95 Å². The second kappa shape index (κ2) is 9.77. The Morgan fingerprint density at radius 3 is 2.56 bits per heavy atom. The lowest BCUT2D eigenvalue weighted by Crippen LogP contribution is -2.40. The van der Waals surface area contributed by atoms with E-state index in [4.69, 9.17) is 9.72 Å². The fourth-order valence-corrected chi connectivity index (χ4v) is 3.95. The summed E-state index contributed by atoms with van der Waals surface area (Å²) in [4.78, 5) is 25.6. The van der Waals surface area contributed by atoms with E-state index in [0.717, 1.165) is 29.7 Å². The minimum Gasteiger partial charge on any atom is -0.484 e. The number of amides is 1. The molecule has 166 valence electrons. The van der Waals surface area contributed by atoms with Crippen LogP contribution in [0.3, 0.4) is 0 Å². The SMILES string of the molecule is CN(C)c1ncc(-c2cccc(F)c2)c(C2CCN(C(=O)COc3ccccc3)CC2)n1. The maximum absolute atomic E-state index is 13.9. The van der Waals surface area contributed by atoms with Gasteiger partial charge in [-0.1, -0.05) is 30.3 Å². The summed E-state index contributed by atoms with van der Waals surface area (Å²) in [6, 6.07) is 15.9. The number of para-hydroxylation sites is 1. The number of aromatic nitrogens is 2. The first-order valence-corrected chi connectivity index (χ1v) is 10.8. The van der Waals surface area contributed by atoms with Crippen LogP contribution < -0.4 is 9.64 Å². The summed E-state index contributed by atoms with van der Waals surface area (Å²) in [5.74, 6) is 1.16. The first kappa shape index (κ1) is 21.7. The van der Waals surface area contributed by atoms with Crippen LogP contribution in [-0.2, 0) is 4.79 Å². The average Bonchev–Trinajstić information content (AvgIpc) is 2.83. The molecular formula is C25H27FN4O2. The molecule has 1 aliphatic rings. The van der Waals surface area contributed by atoms with E-state index in [2.05, 4.69) is 4.98 Å². The summed E-state index contributed by atoms with van der Waals surface area (Å²) in [5.41, 5.74) is 2.51. The fourth-order valence-electron chi connectivity index (χ4n) is 3.95. The molecule has 1 aliphatic heterocycles. The van der Waals surface area contributed by atoms with Crippen molar-refractivity contribution in [3.05, 3.63) is 72.3 Å². The summed E-state index contributed by atoms with van der Waals surface area (Å²) in [6.45, 7) is 1.29. The Hall–Kier alpha value is -3.48. The van der Waals surface area contributed by atoms with Gasteiger partial charge in [0.1, 0.15) is 11.6 Å². The van der Waals surface area contributed by atoms with Gasteiger partial charge in [-0.15, -0.1) is 0 Å². The molecule has 6 nitrogen and oxygen atoms in total. The van der Waals surface area contributed by atoms with E-state index in [9.17, 15) is 9.18 Å². The van der Waals surface area contributed by atoms with E-state index in [1.807, 2.05) is 60.3 Å². The van der Waals surface area contributed by atoms with Crippen molar-refractivity contribution in [2.45, 2.75) is 18.8 Å². The topological polar surface area (TPSA) is 58.6 Å². The molecule has 0 N–H and O–H groups in total. The molecule has 0 aliphatic carbocycles. The number of hydrogen-bond acceptors (Lipinski definition) is 5. The van der Waals surface area contributed by atoms with Crippen LogP contribution in [0, 0.1) is 5.82 Å². The van der Waals surface area contributed by atoms with E-state index in [-0.39, 0.29) is 24.2 Å². The smallest absolute Gasteiger partial charge is 0.260 e. The van der Waals surface area contributed by atoms with E-state index in [0.29, 0.717) is 24.8 Å². The first-order valence-electron chi connectivity index (χ1n) is 10.8. The predicted octanol–water partition coefficient (Wildman–Crippen LogP) is 4.13. The second-order valence-electron chi connectivity index (χ2n) is 8.13. The van der Waals surface area contributed by atoms with Gasteiger partial charge < -0.3 is 14.5 Å².